The second-order valence-corrected chi connectivity index (χ2v) is 16.3. The van der Waals surface area contributed by atoms with Gasteiger partial charge in [-0.15, -0.1) is 0 Å². The number of allylic oxidation sites excluding steroid dienone is 10. The quantitative estimate of drug-likeness (QED) is 0.0201. The summed E-state index contributed by atoms with van der Waals surface area (Å²) in [6, 6.07) is 0. The Hall–Kier alpha value is -2.20. The summed E-state index contributed by atoms with van der Waals surface area (Å²) < 4.78 is 59.0. The van der Waals surface area contributed by atoms with Crippen LogP contribution in [-0.4, -0.2) is 97.5 Å². The second-order valence-electron chi connectivity index (χ2n) is 15.3. The first-order chi connectivity index (χ1) is 28.6. The number of rotatable bonds is 38. The van der Waals surface area contributed by atoms with Crippen LogP contribution in [0.25, 0.3) is 0 Å². The van der Waals surface area contributed by atoms with Crippen LogP contribution < -0.4 is 0 Å². The van der Waals surface area contributed by atoms with Gasteiger partial charge in [0.1, 0.15) is 30.5 Å². The molecule has 6 unspecified atom stereocenters. The summed E-state index contributed by atoms with van der Waals surface area (Å²) in [5.41, 5.74) is 0. The van der Waals surface area contributed by atoms with Gasteiger partial charge in [-0.1, -0.05) is 139 Å². The minimum Gasteiger partial charge on any atom is -0.457 e. The molecule has 4 N–H and O–H groups in total. The SMILES string of the molecule is CC/C=C\C/C=C\C/C=C\C/C=C\CCCCCCCCCOCC(COC1OC(CO)C(O)C(OS(=O)(=O)O)C1O)OC(=O)CCCCCCC/C=C\CCCCC. The van der Waals surface area contributed by atoms with Gasteiger partial charge in [0.05, 0.1) is 19.8 Å². The minimum absolute atomic E-state index is 0.0226. The molecule has 342 valence electrons. The zero-order chi connectivity index (χ0) is 43.2. The van der Waals surface area contributed by atoms with Crippen LogP contribution >= 0.6 is 0 Å². The van der Waals surface area contributed by atoms with Gasteiger partial charge in [0.25, 0.3) is 0 Å². The Balaban J connectivity index is 2.42. The molecule has 0 aromatic carbocycles. The van der Waals surface area contributed by atoms with Crippen LogP contribution in [0.5, 0.6) is 0 Å². The van der Waals surface area contributed by atoms with Crippen molar-refractivity contribution in [2.45, 2.75) is 198 Å². The highest BCUT2D eigenvalue weighted by Gasteiger charge is 2.48. The molecule has 0 amide bonds. The van der Waals surface area contributed by atoms with Crippen molar-refractivity contribution in [3.63, 3.8) is 0 Å². The zero-order valence-corrected chi connectivity index (χ0v) is 37.1. The minimum atomic E-state index is -5.06. The lowest BCUT2D eigenvalue weighted by Crippen LogP contribution is -2.60. The van der Waals surface area contributed by atoms with E-state index in [4.69, 9.17) is 23.5 Å². The van der Waals surface area contributed by atoms with Gasteiger partial charge in [0.15, 0.2) is 6.29 Å². The Morgan fingerprint density at radius 3 is 1.73 bits per heavy atom. The molecule has 0 aromatic heterocycles. The van der Waals surface area contributed by atoms with Crippen LogP contribution in [-0.2, 0) is 38.3 Å². The highest BCUT2D eigenvalue weighted by molar-refractivity contribution is 7.80. The fourth-order valence-electron chi connectivity index (χ4n) is 6.48. The maximum atomic E-state index is 12.8. The maximum absolute atomic E-state index is 12.8. The molecule has 1 aliphatic heterocycles. The monoisotopic (exact) mass is 857 g/mol. The molecule has 1 rings (SSSR count). The van der Waals surface area contributed by atoms with Gasteiger partial charge in [0.2, 0.25) is 0 Å². The van der Waals surface area contributed by atoms with Crippen LogP contribution in [0.1, 0.15) is 162 Å². The van der Waals surface area contributed by atoms with Crippen molar-refractivity contribution in [1.29, 1.82) is 0 Å². The molecule has 1 saturated heterocycles. The number of aliphatic hydroxyl groups excluding tert-OH is 3. The third-order valence-corrected chi connectivity index (χ3v) is 10.3. The fourth-order valence-corrected chi connectivity index (χ4v) is 6.99. The number of ether oxygens (including phenoxy) is 4. The molecule has 1 aliphatic rings. The Kier molecular flexibility index (Phi) is 34.9. The Morgan fingerprint density at radius 1 is 0.661 bits per heavy atom. The van der Waals surface area contributed by atoms with E-state index in [1.165, 1.54) is 38.5 Å². The van der Waals surface area contributed by atoms with Crippen molar-refractivity contribution >= 4 is 16.4 Å². The van der Waals surface area contributed by atoms with E-state index in [1.807, 2.05) is 0 Å². The predicted octanol–water partition coefficient (Wildman–Crippen LogP) is 9.35. The van der Waals surface area contributed by atoms with E-state index in [0.717, 1.165) is 96.3 Å². The van der Waals surface area contributed by atoms with Gasteiger partial charge in [-0.2, -0.15) is 8.42 Å². The number of unbranched alkanes of at least 4 members (excludes halogenated alkanes) is 15. The number of hydrogen-bond donors (Lipinski definition) is 4. The summed E-state index contributed by atoms with van der Waals surface area (Å²) >= 11 is 0. The normalized spacial score (nSPS) is 20.9. The van der Waals surface area contributed by atoms with E-state index in [1.54, 1.807) is 0 Å². The van der Waals surface area contributed by atoms with E-state index >= 15 is 0 Å². The van der Waals surface area contributed by atoms with Crippen LogP contribution in [0.3, 0.4) is 0 Å². The smallest absolute Gasteiger partial charge is 0.397 e. The average Bonchev–Trinajstić information content (AvgIpc) is 3.20. The van der Waals surface area contributed by atoms with Gasteiger partial charge >= 0.3 is 16.4 Å². The number of carbonyl (C=O) groups is 1. The van der Waals surface area contributed by atoms with Crippen LogP contribution in [0.15, 0.2) is 60.8 Å². The average molecular weight is 857 g/mol. The van der Waals surface area contributed by atoms with Crippen LogP contribution in [0.4, 0.5) is 0 Å². The molecule has 1 fully saturated rings. The van der Waals surface area contributed by atoms with Gasteiger partial charge in [-0.05, 0) is 77.0 Å². The summed E-state index contributed by atoms with van der Waals surface area (Å²) in [7, 11) is -5.06. The maximum Gasteiger partial charge on any atom is 0.397 e. The lowest BCUT2D eigenvalue weighted by molar-refractivity contribution is -0.301. The summed E-state index contributed by atoms with van der Waals surface area (Å²) in [5, 5.41) is 30.6. The second kappa shape index (κ2) is 37.6. The van der Waals surface area contributed by atoms with Crippen molar-refractivity contribution in [3.05, 3.63) is 60.8 Å². The summed E-state index contributed by atoms with van der Waals surface area (Å²) in [6.45, 7) is 3.80. The van der Waals surface area contributed by atoms with Crippen molar-refractivity contribution in [2.75, 3.05) is 26.4 Å². The fraction of sp³-hybridized carbons (Fsp3) is 0.761. The van der Waals surface area contributed by atoms with E-state index in [2.05, 4.69) is 78.8 Å². The molecule has 12 nitrogen and oxygen atoms in total. The summed E-state index contributed by atoms with van der Waals surface area (Å²) in [4.78, 5) is 12.8. The van der Waals surface area contributed by atoms with Gasteiger partial charge in [-0.25, -0.2) is 4.18 Å². The molecule has 13 heteroatoms. The highest BCUT2D eigenvalue weighted by Crippen LogP contribution is 2.26. The first kappa shape index (κ1) is 54.8. The van der Waals surface area contributed by atoms with E-state index in [0.29, 0.717) is 13.0 Å². The zero-order valence-electron chi connectivity index (χ0n) is 36.3. The van der Waals surface area contributed by atoms with E-state index in [9.17, 15) is 28.5 Å². The molecular formula is C46H80O12S. The van der Waals surface area contributed by atoms with Crippen molar-refractivity contribution in [3.8, 4) is 0 Å². The third kappa shape index (κ3) is 31.3. The molecular weight excluding hydrogens is 777 g/mol. The largest absolute Gasteiger partial charge is 0.457 e. The van der Waals surface area contributed by atoms with E-state index in [-0.39, 0.29) is 19.6 Å². The first-order valence-corrected chi connectivity index (χ1v) is 23.9. The van der Waals surface area contributed by atoms with Crippen LogP contribution in [0, 0.1) is 0 Å². The van der Waals surface area contributed by atoms with Gasteiger partial charge in [-0.3, -0.25) is 9.35 Å². The molecule has 0 spiro atoms. The Labute approximate surface area is 357 Å². The Morgan fingerprint density at radius 2 is 1.17 bits per heavy atom. The molecule has 6 atom stereocenters. The van der Waals surface area contributed by atoms with Gasteiger partial charge in [0, 0.05) is 13.0 Å². The number of aliphatic hydroxyl groups is 3. The summed E-state index contributed by atoms with van der Waals surface area (Å²) in [6.07, 6.45) is 36.8. The lowest BCUT2D eigenvalue weighted by Gasteiger charge is -2.41. The first-order valence-electron chi connectivity index (χ1n) is 22.5. The highest BCUT2D eigenvalue weighted by atomic mass is 32.3. The molecule has 59 heavy (non-hydrogen) atoms. The third-order valence-electron chi connectivity index (χ3n) is 9.87. The molecule has 0 radical (unpaired) electrons. The number of carbonyl (C=O) groups excluding carboxylic acids is 1. The lowest BCUT2D eigenvalue weighted by atomic mass is 9.99. The summed E-state index contributed by atoms with van der Waals surface area (Å²) in [5.74, 6) is -0.416. The number of esters is 1. The standard InChI is InChI=1S/C46H80O12S/c1-3-5-7-9-11-13-15-17-18-19-20-21-22-23-24-26-28-30-32-34-36-54-38-40(56-42(48)35-33-31-29-27-25-16-14-12-10-8-6-4-2)39-55-46-44(50)45(58-59(51,52)53)43(49)41(37-47)57-46/h5,7,11-14,17-18,20-21,40-41,43-47,49-50H,3-4,6,8-10,15-16,19,22-39H2,1-2H3,(H,51,52,53)/b7-5-,13-11-,14-12-,18-17-,21-20-. The van der Waals surface area contributed by atoms with Crippen molar-refractivity contribution < 1.29 is 56.2 Å². The van der Waals surface area contributed by atoms with Crippen LogP contribution in [0.2, 0.25) is 0 Å². The Bertz CT molecular complexity index is 1260. The molecule has 0 aromatic rings. The topological polar surface area (TPSA) is 178 Å². The van der Waals surface area contributed by atoms with Crippen molar-refractivity contribution in [2.24, 2.45) is 0 Å². The molecule has 1 heterocycles. The predicted molar refractivity (Wildman–Crippen MR) is 234 cm³/mol. The molecule has 0 aliphatic carbocycles. The van der Waals surface area contributed by atoms with Gasteiger partial charge < -0.3 is 34.3 Å². The molecule has 0 saturated carbocycles. The number of hydrogen-bond acceptors (Lipinski definition) is 11. The molecule has 0 bridgehead atoms. The van der Waals surface area contributed by atoms with Crippen molar-refractivity contribution in [1.82, 2.24) is 0 Å². The van der Waals surface area contributed by atoms with E-state index < -0.39 is 59.8 Å².